The molecule has 0 heterocycles. The lowest BCUT2D eigenvalue weighted by molar-refractivity contribution is -0.158. The zero-order valence-electron chi connectivity index (χ0n) is 16.0. The van der Waals surface area contributed by atoms with Crippen molar-refractivity contribution in [3.05, 3.63) is 35.9 Å². The van der Waals surface area contributed by atoms with Crippen LogP contribution in [0.1, 0.15) is 46.6 Å². The van der Waals surface area contributed by atoms with Crippen LogP contribution < -0.4 is 10.1 Å². The van der Waals surface area contributed by atoms with Crippen LogP contribution in [-0.4, -0.2) is 30.6 Å². The molecule has 1 atom stereocenters. The molecule has 0 aliphatic carbocycles. The van der Waals surface area contributed by atoms with Crippen LogP contribution in [0.15, 0.2) is 30.3 Å². The second-order valence-corrected chi connectivity index (χ2v) is 7.33. The third-order valence-electron chi connectivity index (χ3n) is 3.26. The molecule has 1 aromatic carbocycles. The van der Waals surface area contributed by atoms with E-state index in [1.165, 1.54) is 6.08 Å². The summed E-state index contributed by atoms with van der Waals surface area (Å²) in [5.74, 6) is 0.270. The van der Waals surface area contributed by atoms with Crippen molar-refractivity contribution in [1.82, 2.24) is 5.32 Å². The maximum atomic E-state index is 12.3. The monoisotopic (exact) mass is 347 g/mol. The number of nitrogens with one attached hydrogen (secondary N) is 1. The summed E-state index contributed by atoms with van der Waals surface area (Å²) in [6.45, 7) is 9.42. The minimum absolute atomic E-state index is 0.253. The fourth-order valence-electron chi connectivity index (χ4n) is 2.17. The van der Waals surface area contributed by atoms with E-state index in [2.05, 4.69) is 5.32 Å². The van der Waals surface area contributed by atoms with Gasteiger partial charge in [-0.2, -0.15) is 0 Å². The van der Waals surface area contributed by atoms with Gasteiger partial charge < -0.3 is 14.8 Å². The molecule has 0 radical (unpaired) electrons. The van der Waals surface area contributed by atoms with Crippen molar-refractivity contribution in [1.29, 1.82) is 0 Å². The highest BCUT2D eigenvalue weighted by molar-refractivity contribution is 5.94. The number of amides is 1. The van der Waals surface area contributed by atoms with Crippen molar-refractivity contribution in [3.63, 3.8) is 0 Å². The summed E-state index contributed by atoms with van der Waals surface area (Å²) in [6, 6.07) is 6.68. The van der Waals surface area contributed by atoms with Crippen molar-refractivity contribution in [3.8, 4) is 5.75 Å². The molecule has 0 aromatic heterocycles. The molecule has 5 heteroatoms. The average molecular weight is 347 g/mol. The Balaban J connectivity index is 2.72. The number of carbonyl (C=O) groups is 2. The van der Waals surface area contributed by atoms with Gasteiger partial charge in [-0.15, -0.1) is 0 Å². The summed E-state index contributed by atoms with van der Waals surface area (Å²) in [5, 5.41) is 2.74. The Kier molecular flexibility index (Phi) is 7.68. The van der Waals surface area contributed by atoms with Crippen molar-refractivity contribution in [2.75, 3.05) is 7.11 Å². The molecule has 0 saturated carbocycles. The zero-order chi connectivity index (χ0) is 19.0. The quantitative estimate of drug-likeness (QED) is 0.605. The lowest BCUT2D eigenvalue weighted by Gasteiger charge is -2.25. The van der Waals surface area contributed by atoms with Gasteiger partial charge in [0.2, 0.25) is 5.91 Å². The second kappa shape index (κ2) is 9.25. The molecule has 0 spiro atoms. The van der Waals surface area contributed by atoms with Gasteiger partial charge in [-0.3, -0.25) is 4.79 Å². The van der Waals surface area contributed by atoms with Crippen LogP contribution in [0.3, 0.4) is 0 Å². The van der Waals surface area contributed by atoms with Gasteiger partial charge in [-0.25, -0.2) is 4.79 Å². The van der Waals surface area contributed by atoms with Crippen LogP contribution in [0.5, 0.6) is 5.75 Å². The molecule has 0 saturated heterocycles. The minimum Gasteiger partial charge on any atom is -0.497 e. The van der Waals surface area contributed by atoms with Gasteiger partial charge >= 0.3 is 5.97 Å². The first kappa shape index (κ1) is 20.7. The molecule has 1 rings (SSSR count). The smallest absolute Gasteiger partial charge is 0.329 e. The highest BCUT2D eigenvalue weighted by atomic mass is 16.6. The Morgan fingerprint density at radius 1 is 1.16 bits per heavy atom. The molecule has 1 amide bonds. The van der Waals surface area contributed by atoms with E-state index in [0.29, 0.717) is 6.42 Å². The summed E-state index contributed by atoms with van der Waals surface area (Å²) in [5.41, 5.74) is 0.282. The van der Waals surface area contributed by atoms with Crippen LogP contribution in [0.4, 0.5) is 0 Å². The molecule has 25 heavy (non-hydrogen) atoms. The summed E-state index contributed by atoms with van der Waals surface area (Å²) in [7, 11) is 1.60. The fraction of sp³-hybridized carbons (Fsp3) is 0.500. The molecular formula is C20H29NO4. The third-order valence-corrected chi connectivity index (χ3v) is 3.26. The van der Waals surface area contributed by atoms with E-state index in [9.17, 15) is 9.59 Å². The number of esters is 1. The molecule has 1 aromatic rings. The van der Waals surface area contributed by atoms with E-state index in [1.807, 2.05) is 58.9 Å². The number of hydrogen-bond acceptors (Lipinski definition) is 4. The van der Waals surface area contributed by atoms with Crippen molar-refractivity contribution in [2.45, 2.75) is 52.7 Å². The van der Waals surface area contributed by atoms with Crippen molar-refractivity contribution < 1.29 is 19.1 Å². The molecule has 0 unspecified atom stereocenters. The largest absolute Gasteiger partial charge is 0.497 e. The third kappa shape index (κ3) is 8.38. The van der Waals surface area contributed by atoms with Gasteiger partial charge in [-0.05, 0) is 56.9 Å². The van der Waals surface area contributed by atoms with E-state index in [4.69, 9.17) is 9.47 Å². The molecule has 0 fully saturated rings. The number of benzene rings is 1. The van der Waals surface area contributed by atoms with E-state index < -0.39 is 17.6 Å². The summed E-state index contributed by atoms with van der Waals surface area (Å²) in [4.78, 5) is 24.5. The molecule has 1 N–H and O–H groups in total. The first-order valence-corrected chi connectivity index (χ1v) is 8.46. The zero-order valence-corrected chi connectivity index (χ0v) is 16.0. The van der Waals surface area contributed by atoms with Crippen LogP contribution in [-0.2, 0) is 14.3 Å². The van der Waals surface area contributed by atoms with E-state index in [-0.39, 0.29) is 11.8 Å². The minimum atomic E-state index is -0.660. The predicted molar refractivity (Wildman–Crippen MR) is 99.3 cm³/mol. The van der Waals surface area contributed by atoms with Crippen LogP contribution in [0.25, 0.3) is 6.08 Å². The molecule has 138 valence electrons. The fourth-order valence-corrected chi connectivity index (χ4v) is 2.17. The van der Waals surface area contributed by atoms with Crippen LogP contribution >= 0.6 is 0 Å². The number of methoxy groups -OCH3 is 1. The van der Waals surface area contributed by atoms with Crippen molar-refractivity contribution in [2.24, 2.45) is 5.92 Å². The second-order valence-electron chi connectivity index (χ2n) is 7.33. The molecule has 0 bridgehead atoms. The van der Waals surface area contributed by atoms with Gasteiger partial charge in [0.1, 0.15) is 17.4 Å². The predicted octanol–water partition coefficient (Wildman–Crippen LogP) is 3.58. The molecule has 5 nitrogen and oxygen atoms in total. The Labute approximate surface area is 150 Å². The summed E-state index contributed by atoms with van der Waals surface area (Å²) >= 11 is 0. The normalized spacial score (nSPS) is 12.9. The Bertz CT molecular complexity index is 597. The standard InChI is InChI=1S/C20H29NO4/c1-14(2)13-17(19(23)25-20(3,4)5)21-18(22)12-9-15-7-10-16(24-6)11-8-15/h7-12,14,17H,13H2,1-6H3,(H,21,22)/b12-9+/t17-/m0/s1. The van der Waals surface area contributed by atoms with Crippen LogP contribution in [0, 0.1) is 5.92 Å². The summed E-state index contributed by atoms with van der Waals surface area (Å²) < 4.78 is 10.5. The number of hydrogen-bond donors (Lipinski definition) is 1. The first-order chi connectivity index (χ1) is 11.6. The number of carbonyl (C=O) groups excluding carboxylic acids is 2. The molecule has 0 aliphatic heterocycles. The topological polar surface area (TPSA) is 64.6 Å². The first-order valence-electron chi connectivity index (χ1n) is 8.46. The van der Waals surface area contributed by atoms with E-state index >= 15 is 0 Å². The molecule has 0 aliphatic rings. The Morgan fingerprint density at radius 3 is 2.24 bits per heavy atom. The highest BCUT2D eigenvalue weighted by Gasteiger charge is 2.26. The van der Waals surface area contributed by atoms with E-state index in [0.717, 1.165) is 11.3 Å². The van der Waals surface area contributed by atoms with Gasteiger partial charge in [0, 0.05) is 6.08 Å². The van der Waals surface area contributed by atoms with Gasteiger partial charge in [0.05, 0.1) is 7.11 Å². The average Bonchev–Trinajstić information content (AvgIpc) is 2.50. The van der Waals surface area contributed by atoms with Crippen molar-refractivity contribution >= 4 is 18.0 Å². The maximum absolute atomic E-state index is 12.3. The number of rotatable bonds is 7. The van der Waals surface area contributed by atoms with Gasteiger partial charge in [-0.1, -0.05) is 26.0 Å². The lowest BCUT2D eigenvalue weighted by Crippen LogP contribution is -2.44. The maximum Gasteiger partial charge on any atom is 0.329 e. The number of ether oxygens (including phenoxy) is 2. The van der Waals surface area contributed by atoms with Gasteiger partial charge in [0.15, 0.2) is 0 Å². The Morgan fingerprint density at radius 2 is 1.76 bits per heavy atom. The molecular weight excluding hydrogens is 318 g/mol. The van der Waals surface area contributed by atoms with E-state index in [1.54, 1.807) is 13.2 Å². The highest BCUT2D eigenvalue weighted by Crippen LogP contribution is 2.14. The lowest BCUT2D eigenvalue weighted by atomic mass is 10.0. The summed E-state index contributed by atoms with van der Waals surface area (Å²) in [6.07, 6.45) is 3.63. The SMILES string of the molecule is COc1ccc(/C=C/C(=O)N[C@@H](CC(C)C)C(=O)OC(C)(C)C)cc1. The Hall–Kier alpha value is -2.30. The van der Waals surface area contributed by atoms with Crippen LogP contribution in [0.2, 0.25) is 0 Å². The van der Waals surface area contributed by atoms with Gasteiger partial charge in [0.25, 0.3) is 0 Å².